The van der Waals surface area contributed by atoms with E-state index in [1.165, 1.54) is 12.5 Å². The molecule has 1 amide bonds. The van der Waals surface area contributed by atoms with Gasteiger partial charge in [0.15, 0.2) is 0 Å². The number of para-hydroxylation sites is 1. The molecule has 1 atom stereocenters. The van der Waals surface area contributed by atoms with E-state index in [1.54, 1.807) is 0 Å². The fourth-order valence-electron chi connectivity index (χ4n) is 1.90. The van der Waals surface area contributed by atoms with Crippen LogP contribution in [0.4, 0.5) is 5.69 Å². The first-order valence-corrected chi connectivity index (χ1v) is 6.68. The summed E-state index contributed by atoms with van der Waals surface area (Å²) in [7, 11) is 1.96. The minimum atomic E-state index is -0.438. The van der Waals surface area contributed by atoms with Gasteiger partial charge in [-0.2, -0.15) is 0 Å². The Kier molecular flexibility index (Phi) is 4.71. The van der Waals surface area contributed by atoms with Crippen molar-refractivity contribution in [1.29, 1.82) is 0 Å². The predicted molar refractivity (Wildman–Crippen MR) is 81.5 cm³/mol. The third-order valence-corrected chi connectivity index (χ3v) is 3.35. The molecule has 1 aromatic carbocycles. The molecule has 21 heavy (non-hydrogen) atoms. The maximum Gasteiger partial charge on any atom is 0.263 e. The molecular formula is C15H18N4O2. The lowest BCUT2D eigenvalue weighted by Gasteiger charge is -2.27. The standard InChI is InChI=1S/C15H18N4O2/c1-11(19(2)12-6-4-3-5-7-12)8-17-14(20)13-9-16-10-18-15(13)21/h3-7,9-11H,8H2,1-2H3,(H,17,20)(H,16,18,21). The number of carbonyl (C=O) groups excluding carboxylic acids is 1. The molecular weight excluding hydrogens is 268 g/mol. The van der Waals surface area contributed by atoms with E-state index in [9.17, 15) is 9.59 Å². The Morgan fingerprint density at radius 1 is 1.38 bits per heavy atom. The third-order valence-electron chi connectivity index (χ3n) is 3.35. The number of aromatic amines is 1. The smallest absolute Gasteiger partial charge is 0.263 e. The Balaban J connectivity index is 1.95. The zero-order chi connectivity index (χ0) is 15.2. The van der Waals surface area contributed by atoms with E-state index in [2.05, 4.69) is 20.2 Å². The molecule has 0 saturated heterocycles. The average molecular weight is 286 g/mol. The summed E-state index contributed by atoms with van der Waals surface area (Å²) in [5, 5.41) is 2.75. The van der Waals surface area contributed by atoms with E-state index in [1.807, 2.05) is 44.3 Å². The summed E-state index contributed by atoms with van der Waals surface area (Å²) in [6, 6.07) is 9.98. The van der Waals surface area contributed by atoms with Gasteiger partial charge in [-0.1, -0.05) is 18.2 Å². The largest absolute Gasteiger partial charge is 0.370 e. The second kappa shape index (κ2) is 6.69. The van der Waals surface area contributed by atoms with Gasteiger partial charge < -0.3 is 15.2 Å². The second-order valence-corrected chi connectivity index (χ2v) is 4.80. The number of rotatable bonds is 5. The highest BCUT2D eigenvalue weighted by Gasteiger charge is 2.14. The number of nitrogens with zero attached hydrogens (tertiary/aromatic N) is 2. The third kappa shape index (κ3) is 3.68. The summed E-state index contributed by atoms with van der Waals surface area (Å²) < 4.78 is 0. The second-order valence-electron chi connectivity index (χ2n) is 4.80. The van der Waals surface area contributed by atoms with Crippen molar-refractivity contribution in [3.63, 3.8) is 0 Å². The van der Waals surface area contributed by atoms with Gasteiger partial charge in [0.1, 0.15) is 5.56 Å². The van der Waals surface area contributed by atoms with E-state index in [0.29, 0.717) is 6.54 Å². The van der Waals surface area contributed by atoms with Gasteiger partial charge in [-0.25, -0.2) is 4.98 Å². The van der Waals surface area contributed by atoms with Crippen molar-refractivity contribution >= 4 is 11.6 Å². The number of hydrogen-bond acceptors (Lipinski definition) is 4. The van der Waals surface area contributed by atoms with Crippen LogP contribution in [-0.4, -0.2) is 35.5 Å². The van der Waals surface area contributed by atoms with Gasteiger partial charge in [0.05, 0.1) is 6.33 Å². The molecule has 2 aromatic rings. The van der Waals surface area contributed by atoms with Crippen LogP contribution in [0.15, 0.2) is 47.7 Å². The van der Waals surface area contributed by atoms with Crippen LogP contribution < -0.4 is 15.8 Å². The molecule has 0 aliphatic heterocycles. The number of hydrogen-bond donors (Lipinski definition) is 2. The quantitative estimate of drug-likeness (QED) is 0.860. The van der Waals surface area contributed by atoms with Crippen molar-refractivity contribution in [3.8, 4) is 0 Å². The summed E-state index contributed by atoms with van der Waals surface area (Å²) >= 11 is 0. The Morgan fingerprint density at radius 3 is 2.76 bits per heavy atom. The highest BCUT2D eigenvalue weighted by Crippen LogP contribution is 2.13. The van der Waals surface area contributed by atoms with Crippen molar-refractivity contribution < 1.29 is 4.79 Å². The first-order valence-electron chi connectivity index (χ1n) is 6.68. The number of benzene rings is 1. The monoisotopic (exact) mass is 286 g/mol. The number of carbonyl (C=O) groups is 1. The van der Waals surface area contributed by atoms with Gasteiger partial charge >= 0.3 is 0 Å². The van der Waals surface area contributed by atoms with Gasteiger partial charge in [0.2, 0.25) is 0 Å². The van der Waals surface area contributed by atoms with Gasteiger partial charge in [-0.05, 0) is 19.1 Å². The molecule has 1 aromatic heterocycles. The van der Waals surface area contributed by atoms with Crippen LogP contribution in [0, 0.1) is 0 Å². The Hall–Kier alpha value is -2.63. The molecule has 0 aliphatic carbocycles. The summed E-state index contributed by atoms with van der Waals surface area (Å²) in [6.07, 6.45) is 2.52. The fourth-order valence-corrected chi connectivity index (χ4v) is 1.90. The van der Waals surface area contributed by atoms with E-state index in [-0.39, 0.29) is 11.6 Å². The lowest BCUT2D eigenvalue weighted by atomic mass is 10.2. The van der Waals surface area contributed by atoms with E-state index in [0.717, 1.165) is 5.69 Å². The van der Waals surface area contributed by atoms with Crippen LogP contribution in [0.2, 0.25) is 0 Å². The lowest BCUT2D eigenvalue weighted by Crippen LogP contribution is -2.41. The van der Waals surface area contributed by atoms with Crippen LogP contribution in [0.3, 0.4) is 0 Å². The maximum absolute atomic E-state index is 11.9. The van der Waals surface area contributed by atoms with E-state index in [4.69, 9.17) is 0 Å². The van der Waals surface area contributed by atoms with Crippen molar-refractivity contribution in [2.75, 3.05) is 18.5 Å². The molecule has 0 spiro atoms. The number of anilines is 1. The zero-order valence-electron chi connectivity index (χ0n) is 12.0. The van der Waals surface area contributed by atoms with Gasteiger partial charge in [-0.3, -0.25) is 9.59 Å². The Labute approximate surface area is 122 Å². The lowest BCUT2D eigenvalue weighted by molar-refractivity contribution is 0.0949. The van der Waals surface area contributed by atoms with Gasteiger partial charge in [0.25, 0.3) is 11.5 Å². The average Bonchev–Trinajstić information content (AvgIpc) is 2.52. The normalized spacial score (nSPS) is 11.7. The van der Waals surface area contributed by atoms with E-state index >= 15 is 0 Å². The molecule has 2 N–H and O–H groups in total. The highest BCUT2D eigenvalue weighted by molar-refractivity contribution is 5.93. The number of likely N-dealkylation sites (N-methyl/N-ethyl adjacent to an activating group) is 1. The summed E-state index contributed by atoms with van der Waals surface area (Å²) in [4.78, 5) is 31.6. The number of aromatic nitrogens is 2. The molecule has 0 radical (unpaired) electrons. The molecule has 1 unspecified atom stereocenters. The van der Waals surface area contributed by atoms with Crippen LogP contribution in [0.25, 0.3) is 0 Å². The minimum absolute atomic E-state index is 0.0204. The molecule has 0 aliphatic rings. The van der Waals surface area contributed by atoms with Gasteiger partial charge in [-0.15, -0.1) is 0 Å². The minimum Gasteiger partial charge on any atom is -0.370 e. The predicted octanol–water partition coefficient (Wildman–Crippen LogP) is 1.02. The Bertz CT molecular complexity index is 654. The topological polar surface area (TPSA) is 78.1 Å². The molecule has 2 rings (SSSR count). The fraction of sp³-hybridized carbons (Fsp3) is 0.267. The number of nitrogens with one attached hydrogen (secondary N) is 2. The number of amides is 1. The maximum atomic E-state index is 11.9. The van der Waals surface area contributed by atoms with Crippen molar-refractivity contribution in [2.24, 2.45) is 0 Å². The number of H-pyrrole nitrogens is 1. The van der Waals surface area contributed by atoms with Crippen molar-refractivity contribution in [3.05, 3.63) is 58.8 Å². The molecule has 0 bridgehead atoms. The van der Waals surface area contributed by atoms with Crippen LogP contribution >= 0.6 is 0 Å². The van der Waals surface area contributed by atoms with Crippen molar-refractivity contribution in [1.82, 2.24) is 15.3 Å². The molecule has 6 nitrogen and oxygen atoms in total. The molecule has 6 heteroatoms. The first kappa shape index (κ1) is 14.8. The molecule has 110 valence electrons. The SMILES string of the molecule is CC(CNC(=O)c1cnc[nH]c1=O)N(C)c1ccccc1. The van der Waals surface area contributed by atoms with Crippen LogP contribution in [-0.2, 0) is 0 Å². The van der Waals surface area contributed by atoms with E-state index < -0.39 is 11.5 Å². The molecule has 1 heterocycles. The summed E-state index contributed by atoms with van der Waals surface area (Å²) in [6.45, 7) is 2.43. The van der Waals surface area contributed by atoms with Crippen molar-refractivity contribution in [2.45, 2.75) is 13.0 Å². The summed E-state index contributed by atoms with van der Waals surface area (Å²) in [5.41, 5.74) is 0.650. The van der Waals surface area contributed by atoms with Crippen LogP contribution in [0.1, 0.15) is 17.3 Å². The summed E-state index contributed by atoms with van der Waals surface area (Å²) in [5.74, 6) is -0.419. The van der Waals surface area contributed by atoms with Crippen LogP contribution in [0.5, 0.6) is 0 Å². The van der Waals surface area contributed by atoms with Gasteiger partial charge in [0, 0.05) is 31.5 Å². The Morgan fingerprint density at radius 2 is 2.10 bits per heavy atom. The molecule has 0 saturated carbocycles. The highest BCUT2D eigenvalue weighted by atomic mass is 16.2. The zero-order valence-corrected chi connectivity index (χ0v) is 12.0. The first-order chi connectivity index (χ1) is 10.1. The molecule has 0 fully saturated rings.